The molecule has 0 aromatic heterocycles. The topological polar surface area (TPSA) is 29.5 Å². The van der Waals surface area contributed by atoms with Crippen molar-refractivity contribution in [3.63, 3.8) is 0 Å². The van der Waals surface area contributed by atoms with E-state index in [-0.39, 0.29) is 5.97 Å². The lowest BCUT2D eigenvalue weighted by molar-refractivity contribution is -0.134. The predicted molar refractivity (Wildman–Crippen MR) is 63.8 cm³/mol. The molecule has 1 aromatic carbocycles. The summed E-state index contributed by atoms with van der Waals surface area (Å²) in [4.78, 5) is 12.8. The van der Waals surface area contributed by atoms with E-state index >= 15 is 0 Å². The van der Waals surface area contributed by atoms with Crippen LogP contribution in [0.3, 0.4) is 0 Å². The van der Waals surface area contributed by atoms with Crippen molar-refractivity contribution in [3.8, 4) is 0 Å². The van der Waals surface area contributed by atoms with E-state index < -0.39 is 0 Å². The number of carbonyl (C=O) groups is 1. The molecule has 3 heteroatoms. The Bertz CT molecular complexity index is 385. The highest BCUT2D eigenvalue weighted by atomic mass is 16.5. The third-order valence-electron chi connectivity index (χ3n) is 2.35. The number of carbonyl (C=O) groups excluding carboxylic acids is 1. The summed E-state index contributed by atoms with van der Waals surface area (Å²) < 4.78 is 4.52. The fourth-order valence-corrected chi connectivity index (χ4v) is 1.37. The lowest BCUT2D eigenvalue weighted by Crippen LogP contribution is -2.11. The molecule has 0 spiro atoms. The first kappa shape index (κ1) is 12.3. The molecule has 0 heterocycles. The SMILES string of the molecule is COC(=O)C=CN(C)Cc1ccccc1C. The second-order valence-electron chi connectivity index (χ2n) is 3.68. The Morgan fingerprint density at radius 2 is 2.12 bits per heavy atom. The van der Waals surface area contributed by atoms with E-state index in [1.807, 2.05) is 24.1 Å². The molecule has 0 aliphatic rings. The number of esters is 1. The van der Waals surface area contributed by atoms with Crippen molar-refractivity contribution in [2.24, 2.45) is 0 Å². The number of ether oxygens (including phenoxy) is 1. The molecular weight excluding hydrogens is 202 g/mol. The summed E-state index contributed by atoms with van der Waals surface area (Å²) in [5.74, 6) is -0.336. The molecule has 0 saturated heterocycles. The second kappa shape index (κ2) is 5.95. The molecule has 0 saturated carbocycles. The van der Waals surface area contributed by atoms with Gasteiger partial charge in [-0.2, -0.15) is 0 Å². The van der Waals surface area contributed by atoms with Crippen LogP contribution in [0.4, 0.5) is 0 Å². The number of rotatable bonds is 4. The summed E-state index contributed by atoms with van der Waals surface area (Å²) >= 11 is 0. The van der Waals surface area contributed by atoms with Crippen molar-refractivity contribution < 1.29 is 9.53 Å². The van der Waals surface area contributed by atoms with Gasteiger partial charge in [0.1, 0.15) is 0 Å². The Morgan fingerprint density at radius 3 is 2.75 bits per heavy atom. The van der Waals surface area contributed by atoms with Crippen molar-refractivity contribution in [2.45, 2.75) is 13.5 Å². The third kappa shape index (κ3) is 3.77. The smallest absolute Gasteiger partial charge is 0.331 e. The highest BCUT2D eigenvalue weighted by molar-refractivity contribution is 5.81. The van der Waals surface area contributed by atoms with Crippen LogP contribution in [-0.2, 0) is 16.1 Å². The van der Waals surface area contributed by atoms with Crippen LogP contribution in [0.1, 0.15) is 11.1 Å². The zero-order valence-corrected chi connectivity index (χ0v) is 9.93. The molecule has 0 aliphatic carbocycles. The van der Waals surface area contributed by atoms with E-state index in [0.29, 0.717) is 0 Å². The van der Waals surface area contributed by atoms with Gasteiger partial charge in [0, 0.05) is 25.9 Å². The average molecular weight is 219 g/mol. The maximum Gasteiger partial charge on any atom is 0.331 e. The number of hydrogen-bond donors (Lipinski definition) is 0. The van der Waals surface area contributed by atoms with Gasteiger partial charge in [0.15, 0.2) is 0 Å². The second-order valence-corrected chi connectivity index (χ2v) is 3.68. The lowest BCUT2D eigenvalue weighted by Gasteiger charge is -2.15. The van der Waals surface area contributed by atoms with Crippen molar-refractivity contribution >= 4 is 5.97 Å². The molecule has 0 amide bonds. The van der Waals surface area contributed by atoms with Crippen LogP contribution >= 0.6 is 0 Å². The minimum Gasteiger partial charge on any atom is -0.466 e. The van der Waals surface area contributed by atoms with Crippen molar-refractivity contribution in [1.29, 1.82) is 0 Å². The van der Waals surface area contributed by atoms with Crippen LogP contribution < -0.4 is 0 Å². The lowest BCUT2D eigenvalue weighted by atomic mass is 10.1. The minimum absolute atomic E-state index is 0.336. The van der Waals surface area contributed by atoms with Gasteiger partial charge in [0.25, 0.3) is 0 Å². The van der Waals surface area contributed by atoms with Gasteiger partial charge in [0.05, 0.1) is 7.11 Å². The zero-order valence-electron chi connectivity index (χ0n) is 9.93. The summed E-state index contributed by atoms with van der Waals surface area (Å²) in [7, 11) is 3.29. The summed E-state index contributed by atoms with van der Waals surface area (Å²) in [6, 6.07) is 8.19. The summed E-state index contributed by atoms with van der Waals surface area (Å²) in [6.07, 6.45) is 3.14. The predicted octanol–water partition coefficient (Wildman–Crippen LogP) is 2.11. The van der Waals surface area contributed by atoms with Crippen LogP contribution in [0.5, 0.6) is 0 Å². The highest BCUT2D eigenvalue weighted by Crippen LogP contribution is 2.09. The van der Waals surface area contributed by atoms with E-state index in [1.54, 1.807) is 6.20 Å². The van der Waals surface area contributed by atoms with E-state index in [4.69, 9.17) is 0 Å². The van der Waals surface area contributed by atoms with Crippen LogP contribution in [0.15, 0.2) is 36.5 Å². The first-order valence-electron chi connectivity index (χ1n) is 5.14. The molecule has 0 atom stereocenters. The number of nitrogens with zero attached hydrogens (tertiary/aromatic N) is 1. The van der Waals surface area contributed by atoms with Gasteiger partial charge in [0.2, 0.25) is 0 Å². The first-order chi connectivity index (χ1) is 7.63. The molecule has 1 rings (SSSR count). The van der Waals surface area contributed by atoms with E-state index in [0.717, 1.165) is 6.54 Å². The van der Waals surface area contributed by atoms with Crippen LogP contribution in [0, 0.1) is 6.92 Å². The summed E-state index contributed by atoms with van der Waals surface area (Å²) in [5.41, 5.74) is 2.50. The molecule has 0 unspecified atom stereocenters. The van der Waals surface area contributed by atoms with Crippen LogP contribution in [0.25, 0.3) is 0 Å². The van der Waals surface area contributed by atoms with Gasteiger partial charge >= 0.3 is 5.97 Å². The molecule has 0 aliphatic heterocycles. The zero-order chi connectivity index (χ0) is 12.0. The monoisotopic (exact) mass is 219 g/mol. The van der Waals surface area contributed by atoms with Crippen LogP contribution in [-0.4, -0.2) is 25.0 Å². The largest absolute Gasteiger partial charge is 0.466 e. The van der Waals surface area contributed by atoms with Gasteiger partial charge in [-0.25, -0.2) is 4.79 Å². The molecule has 16 heavy (non-hydrogen) atoms. The number of benzene rings is 1. The van der Waals surface area contributed by atoms with E-state index in [2.05, 4.69) is 23.8 Å². The van der Waals surface area contributed by atoms with Crippen molar-refractivity contribution in [2.75, 3.05) is 14.2 Å². The quantitative estimate of drug-likeness (QED) is 0.574. The Morgan fingerprint density at radius 1 is 1.44 bits per heavy atom. The van der Waals surface area contributed by atoms with Gasteiger partial charge < -0.3 is 9.64 Å². The molecule has 0 N–H and O–H groups in total. The maximum atomic E-state index is 10.9. The summed E-state index contributed by atoms with van der Waals surface area (Å²) in [6.45, 7) is 2.85. The van der Waals surface area contributed by atoms with Gasteiger partial charge in [-0.05, 0) is 18.1 Å². The van der Waals surface area contributed by atoms with Crippen molar-refractivity contribution in [3.05, 3.63) is 47.7 Å². The molecule has 3 nitrogen and oxygen atoms in total. The van der Waals surface area contributed by atoms with Crippen molar-refractivity contribution in [1.82, 2.24) is 4.90 Å². The maximum absolute atomic E-state index is 10.9. The molecule has 86 valence electrons. The highest BCUT2D eigenvalue weighted by Gasteiger charge is 1.99. The molecule has 0 bridgehead atoms. The van der Waals surface area contributed by atoms with E-state index in [9.17, 15) is 4.79 Å². The average Bonchev–Trinajstić information content (AvgIpc) is 2.29. The molecule has 0 fully saturated rings. The Balaban J connectivity index is 2.58. The number of aryl methyl sites for hydroxylation is 1. The fourth-order valence-electron chi connectivity index (χ4n) is 1.37. The van der Waals surface area contributed by atoms with Gasteiger partial charge in [-0.3, -0.25) is 0 Å². The Kier molecular flexibility index (Phi) is 4.58. The van der Waals surface area contributed by atoms with Gasteiger partial charge in [-0.1, -0.05) is 24.3 Å². The van der Waals surface area contributed by atoms with Crippen LogP contribution in [0.2, 0.25) is 0 Å². The normalized spacial score (nSPS) is 10.4. The molecular formula is C13H17NO2. The number of methoxy groups -OCH3 is 1. The standard InChI is InChI=1S/C13H17NO2/c1-11-6-4-5-7-12(11)10-14(2)9-8-13(15)16-3/h4-9H,10H2,1-3H3. The Hall–Kier alpha value is -1.77. The number of hydrogen-bond acceptors (Lipinski definition) is 3. The minimum atomic E-state index is -0.336. The molecule has 1 aromatic rings. The Labute approximate surface area is 96.3 Å². The van der Waals surface area contributed by atoms with Gasteiger partial charge in [-0.15, -0.1) is 0 Å². The molecule has 0 radical (unpaired) electrons. The first-order valence-corrected chi connectivity index (χ1v) is 5.14. The fraction of sp³-hybridized carbons (Fsp3) is 0.308. The van der Waals surface area contributed by atoms with E-state index in [1.165, 1.54) is 24.3 Å². The summed E-state index contributed by atoms with van der Waals surface area (Å²) in [5, 5.41) is 0. The third-order valence-corrected chi connectivity index (χ3v) is 2.35.